The van der Waals surface area contributed by atoms with Gasteiger partial charge in [-0.2, -0.15) is 0 Å². The molecule has 2 N–H and O–H groups in total. The zero-order valence-corrected chi connectivity index (χ0v) is 11.1. The first-order valence-electron chi connectivity index (χ1n) is 6.65. The van der Waals surface area contributed by atoms with Crippen LogP contribution in [0, 0.1) is 5.92 Å². The summed E-state index contributed by atoms with van der Waals surface area (Å²) in [6, 6.07) is 0. The van der Waals surface area contributed by atoms with Crippen LogP contribution in [0.3, 0.4) is 0 Å². The van der Waals surface area contributed by atoms with E-state index in [0.29, 0.717) is 12.5 Å². The molecule has 1 atom stereocenters. The quantitative estimate of drug-likeness (QED) is 0.648. The van der Waals surface area contributed by atoms with Gasteiger partial charge in [0.1, 0.15) is 0 Å². The van der Waals surface area contributed by atoms with Crippen LogP contribution in [0.4, 0.5) is 0 Å². The molecule has 0 bridgehead atoms. The summed E-state index contributed by atoms with van der Waals surface area (Å²) < 4.78 is 0. The summed E-state index contributed by atoms with van der Waals surface area (Å²) in [4.78, 5) is 2.49. The maximum absolute atomic E-state index is 10.1. The topological polar surface area (TPSA) is 35.5 Å². The highest BCUT2D eigenvalue weighted by Gasteiger charge is 2.21. The fourth-order valence-corrected chi connectivity index (χ4v) is 2.55. The molecule has 1 aliphatic heterocycles. The van der Waals surface area contributed by atoms with Crippen LogP contribution in [0.2, 0.25) is 0 Å². The summed E-state index contributed by atoms with van der Waals surface area (Å²) in [6.45, 7) is 11.6. The van der Waals surface area contributed by atoms with Crippen LogP contribution < -0.4 is 5.32 Å². The molecule has 0 amide bonds. The Morgan fingerprint density at radius 1 is 1.31 bits per heavy atom. The molecule has 0 aromatic heterocycles. The molecule has 3 nitrogen and oxygen atoms in total. The van der Waals surface area contributed by atoms with Crippen molar-refractivity contribution in [2.45, 2.75) is 45.6 Å². The SMILES string of the molecule is CC(C)CC(C)(O)CNCCN1CCCC1. The average molecular weight is 228 g/mol. The van der Waals surface area contributed by atoms with Crippen molar-refractivity contribution in [2.75, 3.05) is 32.7 Å². The number of nitrogens with zero attached hydrogens (tertiary/aromatic N) is 1. The summed E-state index contributed by atoms with van der Waals surface area (Å²) in [5.41, 5.74) is -0.556. The Hall–Kier alpha value is -0.120. The minimum atomic E-state index is -0.556. The molecule has 1 unspecified atom stereocenters. The van der Waals surface area contributed by atoms with E-state index < -0.39 is 5.60 Å². The zero-order chi connectivity index (χ0) is 12.0. The molecule has 0 aromatic carbocycles. The van der Waals surface area contributed by atoms with E-state index in [4.69, 9.17) is 0 Å². The van der Waals surface area contributed by atoms with Crippen molar-refractivity contribution < 1.29 is 5.11 Å². The molecule has 0 radical (unpaired) electrons. The van der Waals surface area contributed by atoms with Crippen molar-refractivity contribution in [1.29, 1.82) is 0 Å². The Morgan fingerprint density at radius 2 is 1.94 bits per heavy atom. The molecule has 1 saturated heterocycles. The van der Waals surface area contributed by atoms with Crippen LogP contribution in [-0.2, 0) is 0 Å². The van der Waals surface area contributed by atoms with E-state index in [1.54, 1.807) is 0 Å². The lowest BCUT2D eigenvalue weighted by molar-refractivity contribution is 0.0383. The molecule has 0 spiro atoms. The fourth-order valence-electron chi connectivity index (χ4n) is 2.55. The first kappa shape index (κ1) is 13.9. The molecule has 96 valence electrons. The predicted octanol–water partition coefficient (Wildman–Crippen LogP) is 1.47. The van der Waals surface area contributed by atoms with E-state index in [-0.39, 0.29) is 0 Å². The number of aliphatic hydroxyl groups is 1. The molecule has 0 aromatic rings. The second-order valence-electron chi connectivity index (χ2n) is 5.82. The Balaban J connectivity index is 2.04. The Kier molecular flexibility index (Phi) is 5.73. The summed E-state index contributed by atoms with van der Waals surface area (Å²) in [7, 11) is 0. The molecule has 1 fully saturated rings. The van der Waals surface area contributed by atoms with Gasteiger partial charge in [0, 0.05) is 19.6 Å². The molecule has 0 aliphatic carbocycles. The molecule has 1 rings (SSSR count). The van der Waals surface area contributed by atoms with Crippen molar-refractivity contribution in [2.24, 2.45) is 5.92 Å². The maximum atomic E-state index is 10.1. The van der Waals surface area contributed by atoms with Crippen molar-refractivity contribution >= 4 is 0 Å². The van der Waals surface area contributed by atoms with Crippen molar-refractivity contribution in [3.63, 3.8) is 0 Å². The Morgan fingerprint density at radius 3 is 2.50 bits per heavy atom. The van der Waals surface area contributed by atoms with Gasteiger partial charge in [-0.15, -0.1) is 0 Å². The summed E-state index contributed by atoms with van der Waals surface area (Å²) in [6.07, 6.45) is 3.57. The molecule has 3 heteroatoms. The zero-order valence-electron chi connectivity index (χ0n) is 11.1. The van der Waals surface area contributed by atoms with Gasteiger partial charge in [-0.25, -0.2) is 0 Å². The number of hydrogen-bond donors (Lipinski definition) is 2. The largest absolute Gasteiger partial charge is 0.389 e. The highest BCUT2D eigenvalue weighted by molar-refractivity contribution is 4.77. The van der Waals surface area contributed by atoms with Gasteiger partial charge in [0.2, 0.25) is 0 Å². The van der Waals surface area contributed by atoms with E-state index in [9.17, 15) is 5.11 Å². The third-order valence-corrected chi connectivity index (χ3v) is 3.16. The van der Waals surface area contributed by atoms with E-state index in [2.05, 4.69) is 24.1 Å². The summed E-state index contributed by atoms with van der Waals surface area (Å²) in [5.74, 6) is 0.551. The second-order valence-corrected chi connectivity index (χ2v) is 5.82. The lowest BCUT2D eigenvalue weighted by atomic mass is 9.94. The maximum Gasteiger partial charge on any atom is 0.0746 e. The van der Waals surface area contributed by atoms with Gasteiger partial charge >= 0.3 is 0 Å². The third kappa shape index (κ3) is 5.83. The monoisotopic (exact) mass is 228 g/mol. The van der Waals surface area contributed by atoms with Crippen molar-refractivity contribution in [1.82, 2.24) is 10.2 Å². The van der Waals surface area contributed by atoms with Crippen LogP contribution >= 0.6 is 0 Å². The van der Waals surface area contributed by atoms with Crippen molar-refractivity contribution in [3.8, 4) is 0 Å². The summed E-state index contributed by atoms with van der Waals surface area (Å²) in [5, 5.41) is 13.5. The standard InChI is InChI=1S/C13H28N2O/c1-12(2)10-13(3,16)11-14-6-9-15-7-4-5-8-15/h12,14,16H,4-11H2,1-3H3. The lowest BCUT2D eigenvalue weighted by Crippen LogP contribution is -2.41. The smallest absolute Gasteiger partial charge is 0.0746 e. The number of likely N-dealkylation sites (tertiary alicyclic amines) is 1. The molecular weight excluding hydrogens is 200 g/mol. The normalized spacial score (nSPS) is 21.6. The first-order chi connectivity index (χ1) is 7.49. The van der Waals surface area contributed by atoms with E-state index >= 15 is 0 Å². The lowest BCUT2D eigenvalue weighted by Gasteiger charge is -2.26. The molecule has 1 heterocycles. The van der Waals surface area contributed by atoms with Gasteiger partial charge in [-0.1, -0.05) is 13.8 Å². The number of hydrogen-bond acceptors (Lipinski definition) is 3. The average Bonchev–Trinajstić information content (AvgIpc) is 2.62. The Bertz CT molecular complexity index is 186. The van der Waals surface area contributed by atoms with E-state index in [0.717, 1.165) is 19.5 Å². The summed E-state index contributed by atoms with van der Waals surface area (Å²) >= 11 is 0. The van der Waals surface area contributed by atoms with Crippen LogP contribution in [-0.4, -0.2) is 48.3 Å². The first-order valence-corrected chi connectivity index (χ1v) is 6.65. The van der Waals surface area contributed by atoms with Crippen LogP contribution in [0.1, 0.15) is 40.0 Å². The molecule has 16 heavy (non-hydrogen) atoms. The van der Waals surface area contributed by atoms with Gasteiger partial charge in [-0.3, -0.25) is 0 Å². The van der Waals surface area contributed by atoms with Gasteiger partial charge in [-0.05, 0) is 45.2 Å². The van der Waals surface area contributed by atoms with Gasteiger partial charge in [0.15, 0.2) is 0 Å². The molecular formula is C13H28N2O. The van der Waals surface area contributed by atoms with Gasteiger partial charge in [0.05, 0.1) is 5.60 Å². The molecule has 0 saturated carbocycles. The van der Waals surface area contributed by atoms with Crippen molar-refractivity contribution in [3.05, 3.63) is 0 Å². The second kappa shape index (κ2) is 6.58. The van der Waals surface area contributed by atoms with Gasteiger partial charge < -0.3 is 15.3 Å². The van der Waals surface area contributed by atoms with E-state index in [1.807, 2.05) is 6.92 Å². The fraction of sp³-hybridized carbons (Fsp3) is 1.00. The van der Waals surface area contributed by atoms with Crippen LogP contribution in [0.25, 0.3) is 0 Å². The number of nitrogens with one attached hydrogen (secondary N) is 1. The Labute approximate surface area is 100 Å². The minimum Gasteiger partial charge on any atom is -0.389 e. The molecule has 1 aliphatic rings. The van der Waals surface area contributed by atoms with Crippen LogP contribution in [0.5, 0.6) is 0 Å². The van der Waals surface area contributed by atoms with Crippen LogP contribution in [0.15, 0.2) is 0 Å². The highest BCUT2D eigenvalue weighted by Crippen LogP contribution is 2.14. The predicted molar refractivity (Wildman–Crippen MR) is 68.6 cm³/mol. The number of rotatable bonds is 7. The third-order valence-electron chi connectivity index (χ3n) is 3.16. The van der Waals surface area contributed by atoms with E-state index in [1.165, 1.54) is 25.9 Å². The van der Waals surface area contributed by atoms with Gasteiger partial charge in [0.25, 0.3) is 0 Å². The highest BCUT2D eigenvalue weighted by atomic mass is 16.3. The minimum absolute atomic E-state index is 0.551.